The van der Waals surface area contributed by atoms with E-state index in [0.717, 1.165) is 5.56 Å². The zero-order valence-electron chi connectivity index (χ0n) is 12.9. The van der Waals surface area contributed by atoms with Crippen molar-refractivity contribution in [2.75, 3.05) is 13.2 Å². The SMILES string of the molecule is CCOc1cc(OCC)cc(-c2ccc(C(C)=O)c(=O)[nH]2)c1. The Labute approximate surface area is 128 Å². The molecule has 0 aliphatic rings. The molecule has 2 aromatic rings. The van der Waals surface area contributed by atoms with Crippen LogP contribution in [0, 0.1) is 0 Å². The number of nitrogens with one attached hydrogen (secondary N) is 1. The number of carbonyl (C=O) groups is 1. The number of Topliss-reactive ketones (excluding diaryl/α,β-unsaturated/α-hetero) is 1. The Hall–Kier alpha value is -2.56. The van der Waals surface area contributed by atoms with E-state index in [4.69, 9.17) is 9.47 Å². The van der Waals surface area contributed by atoms with Gasteiger partial charge in [-0.2, -0.15) is 0 Å². The largest absolute Gasteiger partial charge is 0.494 e. The van der Waals surface area contributed by atoms with Gasteiger partial charge in [0.2, 0.25) is 0 Å². The van der Waals surface area contributed by atoms with E-state index < -0.39 is 5.56 Å². The number of aromatic nitrogens is 1. The number of ether oxygens (including phenoxy) is 2. The van der Waals surface area contributed by atoms with Crippen molar-refractivity contribution >= 4 is 5.78 Å². The van der Waals surface area contributed by atoms with Crippen LogP contribution >= 0.6 is 0 Å². The number of ketones is 1. The second-order valence-electron chi connectivity index (χ2n) is 4.73. The summed E-state index contributed by atoms with van der Waals surface area (Å²) in [6.45, 7) is 6.24. The minimum absolute atomic E-state index is 0.148. The lowest BCUT2D eigenvalue weighted by Crippen LogP contribution is -2.15. The van der Waals surface area contributed by atoms with E-state index in [9.17, 15) is 9.59 Å². The van der Waals surface area contributed by atoms with Gasteiger partial charge in [-0.3, -0.25) is 9.59 Å². The Balaban J connectivity index is 2.48. The van der Waals surface area contributed by atoms with Gasteiger partial charge in [0.15, 0.2) is 5.78 Å². The van der Waals surface area contributed by atoms with E-state index in [1.165, 1.54) is 13.0 Å². The molecular weight excluding hydrogens is 282 g/mol. The molecular formula is C17H19NO4. The van der Waals surface area contributed by atoms with Crippen molar-refractivity contribution in [3.63, 3.8) is 0 Å². The first-order valence-electron chi connectivity index (χ1n) is 7.20. The summed E-state index contributed by atoms with van der Waals surface area (Å²) in [6.07, 6.45) is 0. The quantitative estimate of drug-likeness (QED) is 0.833. The minimum atomic E-state index is -0.398. The van der Waals surface area contributed by atoms with Crippen molar-refractivity contribution in [1.82, 2.24) is 4.98 Å². The molecule has 0 aliphatic carbocycles. The molecule has 1 aromatic heterocycles. The molecule has 0 bridgehead atoms. The second-order valence-corrected chi connectivity index (χ2v) is 4.73. The third-order valence-electron chi connectivity index (χ3n) is 3.10. The van der Waals surface area contributed by atoms with Crippen LogP contribution in [0.1, 0.15) is 31.1 Å². The number of H-pyrrole nitrogens is 1. The molecule has 2 rings (SSSR count). The lowest BCUT2D eigenvalue weighted by atomic mass is 10.1. The Morgan fingerprint density at radius 1 is 1.05 bits per heavy atom. The van der Waals surface area contributed by atoms with Gasteiger partial charge < -0.3 is 14.5 Å². The molecule has 0 saturated carbocycles. The van der Waals surface area contributed by atoms with Gasteiger partial charge in [0.25, 0.3) is 5.56 Å². The molecule has 0 amide bonds. The monoisotopic (exact) mass is 301 g/mol. The molecule has 5 heteroatoms. The fourth-order valence-corrected chi connectivity index (χ4v) is 2.15. The summed E-state index contributed by atoms with van der Waals surface area (Å²) >= 11 is 0. The number of benzene rings is 1. The number of hydrogen-bond donors (Lipinski definition) is 1. The van der Waals surface area contributed by atoms with Crippen molar-refractivity contribution < 1.29 is 14.3 Å². The lowest BCUT2D eigenvalue weighted by Gasteiger charge is -2.11. The maximum atomic E-state index is 11.9. The summed E-state index contributed by atoms with van der Waals surface area (Å²) in [5.41, 5.74) is 1.12. The molecule has 0 unspecified atom stereocenters. The Morgan fingerprint density at radius 2 is 1.64 bits per heavy atom. The van der Waals surface area contributed by atoms with Gasteiger partial charge in [-0.1, -0.05) is 0 Å². The van der Waals surface area contributed by atoms with Crippen LogP contribution in [0.4, 0.5) is 0 Å². The fraction of sp³-hybridized carbons (Fsp3) is 0.294. The number of rotatable bonds is 6. The van der Waals surface area contributed by atoms with Gasteiger partial charge in [-0.25, -0.2) is 0 Å². The molecule has 0 fully saturated rings. The highest BCUT2D eigenvalue weighted by Gasteiger charge is 2.09. The summed E-state index contributed by atoms with van der Waals surface area (Å²) < 4.78 is 11.0. The van der Waals surface area contributed by atoms with Crippen LogP contribution in [0.5, 0.6) is 11.5 Å². The van der Waals surface area contributed by atoms with Crippen LogP contribution in [-0.2, 0) is 0 Å². The van der Waals surface area contributed by atoms with E-state index in [1.54, 1.807) is 12.1 Å². The molecule has 22 heavy (non-hydrogen) atoms. The van der Waals surface area contributed by atoms with Crippen molar-refractivity contribution in [3.8, 4) is 22.8 Å². The van der Waals surface area contributed by atoms with Crippen LogP contribution < -0.4 is 15.0 Å². The average Bonchev–Trinajstić information content (AvgIpc) is 2.47. The lowest BCUT2D eigenvalue weighted by molar-refractivity contribution is 0.101. The van der Waals surface area contributed by atoms with Crippen LogP contribution in [0.3, 0.4) is 0 Å². The van der Waals surface area contributed by atoms with Gasteiger partial charge in [0, 0.05) is 17.3 Å². The van der Waals surface area contributed by atoms with Crippen LogP contribution in [0.2, 0.25) is 0 Å². The highest BCUT2D eigenvalue weighted by atomic mass is 16.5. The van der Waals surface area contributed by atoms with Gasteiger partial charge in [0.05, 0.1) is 18.8 Å². The predicted molar refractivity (Wildman–Crippen MR) is 84.8 cm³/mol. The van der Waals surface area contributed by atoms with Gasteiger partial charge >= 0.3 is 0 Å². The summed E-state index contributed by atoms with van der Waals surface area (Å²) in [5.74, 6) is 1.07. The number of aromatic amines is 1. The first-order chi connectivity index (χ1) is 10.5. The highest BCUT2D eigenvalue weighted by molar-refractivity contribution is 5.93. The number of hydrogen-bond acceptors (Lipinski definition) is 4. The number of carbonyl (C=O) groups excluding carboxylic acids is 1. The van der Waals surface area contributed by atoms with E-state index in [-0.39, 0.29) is 11.3 Å². The molecule has 1 heterocycles. The van der Waals surface area contributed by atoms with E-state index in [2.05, 4.69) is 4.98 Å². The standard InChI is InChI=1S/C17H19NO4/c1-4-21-13-8-12(9-14(10-13)22-5-2)16-7-6-15(11(3)19)17(20)18-16/h6-10H,4-5H2,1-3H3,(H,18,20). The molecule has 0 aliphatic heterocycles. The summed E-state index contributed by atoms with van der Waals surface area (Å²) in [6, 6.07) is 8.69. The van der Waals surface area contributed by atoms with E-state index >= 15 is 0 Å². The molecule has 116 valence electrons. The summed E-state index contributed by atoms with van der Waals surface area (Å²) in [5, 5.41) is 0. The van der Waals surface area contributed by atoms with Gasteiger partial charge in [0.1, 0.15) is 11.5 Å². The molecule has 5 nitrogen and oxygen atoms in total. The normalized spacial score (nSPS) is 10.3. The van der Waals surface area contributed by atoms with Crippen molar-refractivity contribution in [2.24, 2.45) is 0 Å². The smallest absolute Gasteiger partial charge is 0.259 e. The molecule has 0 radical (unpaired) electrons. The summed E-state index contributed by atoms with van der Waals surface area (Å²) in [4.78, 5) is 26.0. The van der Waals surface area contributed by atoms with Crippen molar-refractivity contribution in [2.45, 2.75) is 20.8 Å². The maximum Gasteiger partial charge on any atom is 0.259 e. The van der Waals surface area contributed by atoms with Crippen LogP contribution in [-0.4, -0.2) is 24.0 Å². The zero-order chi connectivity index (χ0) is 16.1. The first-order valence-corrected chi connectivity index (χ1v) is 7.20. The Kier molecular flexibility index (Phi) is 4.99. The van der Waals surface area contributed by atoms with Crippen LogP contribution in [0.15, 0.2) is 35.1 Å². The average molecular weight is 301 g/mol. The molecule has 0 saturated heterocycles. The van der Waals surface area contributed by atoms with Crippen molar-refractivity contribution in [1.29, 1.82) is 0 Å². The third-order valence-corrected chi connectivity index (χ3v) is 3.10. The first kappa shape index (κ1) is 15.8. The third kappa shape index (κ3) is 3.55. The molecule has 0 atom stereocenters. The second kappa shape index (κ2) is 6.93. The molecule has 1 aromatic carbocycles. The predicted octanol–water partition coefficient (Wildman–Crippen LogP) is 3.04. The minimum Gasteiger partial charge on any atom is -0.494 e. The van der Waals surface area contributed by atoms with Gasteiger partial charge in [-0.05, 0) is 45.0 Å². The zero-order valence-corrected chi connectivity index (χ0v) is 12.9. The fourth-order valence-electron chi connectivity index (χ4n) is 2.15. The Morgan fingerprint density at radius 3 is 2.09 bits per heavy atom. The maximum absolute atomic E-state index is 11.9. The van der Waals surface area contributed by atoms with Crippen molar-refractivity contribution in [3.05, 3.63) is 46.2 Å². The van der Waals surface area contributed by atoms with Gasteiger partial charge in [-0.15, -0.1) is 0 Å². The van der Waals surface area contributed by atoms with E-state index in [0.29, 0.717) is 30.4 Å². The molecule has 0 spiro atoms. The molecule has 1 N–H and O–H groups in total. The number of pyridine rings is 1. The Bertz CT molecular complexity index is 709. The highest BCUT2D eigenvalue weighted by Crippen LogP contribution is 2.28. The van der Waals surface area contributed by atoms with Crippen LogP contribution in [0.25, 0.3) is 11.3 Å². The van der Waals surface area contributed by atoms with E-state index in [1.807, 2.05) is 26.0 Å². The topological polar surface area (TPSA) is 68.4 Å². The summed E-state index contributed by atoms with van der Waals surface area (Å²) in [7, 11) is 0.